The average molecular weight is 504 g/mol. The third-order valence-corrected chi connectivity index (χ3v) is 4.84. The summed E-state index contributed by atoms with van der Waals surface area (Å²) in [5, 5.41) is 6.32. The Hall–Kier alpha value is -1.68. The summed E-state index contributed by atoms with van der Waals surface area (Å²) in [6.45, 7) is 2.83. The lowest BCUT2D eigenvalue weighted by molar-refractivity contribution is 0.146. The van der Waals surface area contributed by atoms with Gasteiger partial charge in [-0.1, -0.05) is 6.42 Å². The maximum atomic E-state index is 13.8. The van der Waals surface area contributed by atoms with E-state index in [2.05, 4.69) is 20.5 Å². The smallest absolute Gasteiger partial charge is 0.191 e. The molecule has 0 amide bonds. The van der Waals surface area contributed by atoms with Gasteiger partial charge in [-0.3, -0.25) is 9.89 Å². The van der Waals surface area contributed by atoms with Crippen LogP contribution in [0.25, 0.3) is 0 Å². The van der Waals surface area contributed by atoms with E-state index in [0.717, 1.165) is 31.0 Å². The summed E-state index contributed by atoms with van der Waals surface area (Å²) in [6.07, 6.45) is 5.31. The van der Waals surface area contributed by atoms with Gasteiger partial charge >= 0.3 is 0 Å². The van der Waals surface area contributed by atoms with Gasteiger partial charge in [0.2, 0.25) is 0 Å². The zero-order chi connectivity index (χ0) is 19.1. The molecule has 3 rings (SSSR count). The molecule has 1 atom stereocenters. The first-order valence-corrected chi connectivity index (χ1v) is 9.33. The van der Waals surface area contributed by atoms with Crippen molar-refractivity contribution < 1.29 is 13.2 Å². The molecule has 2 N–H and O–H groups in total. The van der Waals surface area contributed by atoms with E-state index < -0.39 is 11.6 Å². The molecular formula is C20H27F2IN4O. The van der Waals surface area contributed by atoms with E-state index >= 15 is 0 Å². The Morgan fingerprint density at radius 1 is 1.18 bits per heavy atom. The third-order valence-electron chi connectivity index (χ3n) is 4.84. The number of hydrogen-bond donors (Lipinski definition) is 2. The van der Waals surface area contributed by atoms with Crippen LogP contribution in [-0.4, -0.2) is 37.5 Å². The minimum absolute atomic E-state index is 0. The molecule has 0 aliphatic carbocycles. The highest BCUT2D eigenvalue weighted by Crippen LogP contribution is 2.24. The Labute approximate surface area is 181 Å². The summed E-state index contributed by atoms with van der Waals surface area (Å²) in [5.41, 5.74) is 0.261. The van der Waals surface area contributed by atoms with Gasteiger partial charge in [0.1, 0.15) is 17.4 Å². The van der Waals surface area contributed by atoms with E-state index in [-0.39, 0.29) is 42.1 Å². The quantitative estimate of drug-likeness (QED) is 0.354. The molecule has 1 saturated heterocycles. The highest BCUT2D eigenvalue weighted by molar-refractivity contribution is 14.0. The predicted molar refractivity (Wildman–Crippen MR) is 117 cm³/mol. The van der Waals surface area contributed by atoms with Crippen molar-refractivity contribution in [3.63, 3.8) is 0 Å². The van der Waals surface area contributed by atoms with Gasteiger partial charge in [-0.2, -0.15) is 0 Å². The van der Waals surface area contributed by atoms with Crippen LogP contribution >= 0.6 is 24.0 Å². The zero-order valence-electron chi connectivity index (χ0n) is 16.0. The van der Waals surface area contributed by atoms with E-state index in [9.17, 15) is 8.78 Å². The number of benzene rings is 1. The molecule has 1 aromatic carbocycles. The largest absolute Gasteiger partial charge is 0.468 e. The van der Waals surface area contributed by atoms with Gasteiger partial charge < -0.3 is 15.1 Å². The van der Waals surface area contributed by atoms with Crippen LogP contribution < -0.4 is 10.6 Å². The number of nitrogens with zero attached hydrogens (tertiary/aromatic N) is 2. The number of likely N-dealkylation sites (tertiary alicyclic amines) is 1. The van der Waals surface area contributed by atoms with Gasteiger partial charge in [-0.25, -0.2) is 8.78 Å². The normalized spacial score (nSPS) is 16.3. The Balaban J connectivity index is 0.00000280. The summed E-state index contributed by atoms with van der Waals surface area (Å²) < 4.78 is 32.7. The molecule has 1 unspecified atom stereocenters. The Kier molecular flexibility index (Phi) is 9.17. The van der Waals surface area contributed by atoms with Crippen LogP contribution in [0, 0.1) is 11.6 Å². The number of nitrogens with one attached hydrogen (secondary N) is 2. The minimum atomic E-state index is -0.459. The second kappa shape index (κ2) is 11.4. The maximum Gasteiger partial charge on any atom is 0.191 e. The van der Waals surface area contributed by atoms with Crippen molar-refractivity contribution in [3.05, 3.63) is 59.6 Å². The lowest BCUT2D eigenvalue weighted by atomic mass is 10.1. The first-order chi connectivity index (χ1) is 13.2. The molecule has 0 radical (unpaired) electrons. The van der Waals surface area contributed by atoms with E-state index in [1.54, 1.807) is 13.3 Å². The summed E-state index contributed by atoms with van der Waals surface area (Å²) in [5.74, 6) is 0.545. The molecule has 1 fully saturated rings. The lowest BCUT2D eigenvalue weighted by Crippen LogP contribution is -2.44. The third kappa shape index (κ3) is 6.16. The monoisotopic (exact) mass is 504 g/mol. The van der Waals surface area contributed by atoms with Gasteiger partial charge in [0.05, 0.1) is 12.3 Å². The van der Waals surface area contributed by atoms with Crippen LogP contribution in [0.2, 0.25) is 0 Å². The molecule has 28 heavy (non-hydrogen) atoms. The van der Waals surface area contributed by atoms with Crippen LogP contribution in [0.5, 0.6) is 0 Å². The number of hydrogen-bond acceptors (Lipinski definition) is 3. The first-order valence-electron chi connectivity index (χ1n) is 9.33. The van der Waals surface area contributed by atoms with E-state index in [4.69, 9.17) is 4.42 Å². The molecular weight excluding hydrogens is 477 g/mol. The number of aliphatic imine (C=N–C) groups is 1. The first kappa shape index (κ1) is 22.6. The Bertz CT molecular complexity index is 749. The lowest BCUT2D eigenvalue weighted by Gasteiger charge is -2.33. The molecule has 2 heterocycles. The van der Waals surface area contributed by atoms with Gasteiger partial charge in [-0.15, -0.1) is 24.0 Å². The molecule has 1 aliphatic heterocycles. The summed E-state index contributed by atoms with van der Waals surface area (Å²) in [7, 11) is 1.65. The summed E-state index contributed by atoms with van der Waals surface area (Å²) >= 11 is 0. The highest BCUT2D eigenvalue weighted by Gasteiger charge is 2.24. The van der Waals surface area contributed by atoms with Crippen molar-refractivity contribution in [2.24, 2.45) is 4.99 Å². The standard InChI is InChI=1S/C20H26F2N4O.HI/c1-23-20(24-13-15-12-16(21)7-8-17(15)22)25-14-18(19-6-5-11-27-19)26-9-3-2-4-10-26;/h5-8,11-12,18H,2-4,9-10,13-14H2,1H3,(H2,23,24,25);1H. The average Bonchev–Trinajstić information content (AvgIpc) is 3.22. The number of halogens is 3. The Morgan fingerprint density at radius 2 is 1.96 bits per heavy atom. The topological polar surface area (TPSA) is 52.8 Å². The van der Waals surface area contributed by atoms with E-state index in [0.29, 0.717) is 12.5 Å². The van der Waals surface area contributed by atoms with Crippen molar-refractivity contribution in [2.75, 3.05) is 26.7 Å². The van der Waals surface area contributed by atoms with Crippen molar-refractivity contribution >= 4 is 29.9 Å². The fourth-order valence-electron chi connectivity index (χ4n) is 3.39. The summed E-state index contributed by atoms with van der Waals surface area (Å²) in [6, 6.07) is 7.41. The van der Waals surface area contributed by atoms with Crippen molar-refractivity contribution in [3.8, 4) is 0 Å². The van der Waals surface area contributed by atoms with Gasteiger partial charge in [-0.05, 0) is 56.3 Å². The molecule has 0 bridgehead atoms. The number of rotatable bonds is 6. The second-order valence-corrected chi connectivity index (χ2v) is 6.67. The molecule has 154 valence electrons. The molecule has 2 aromatic rings. The van der Waals surface area contributed by atoms with Crippen molar-refractivity contribution in [2.45, 2.75) is 31.8 Å². The second-order valence-electron chi connectivity index (χ2n) is 6.67. The van der Waals surface area contributed by atoms with Crippen LogP contribution in [0.15, 0.2) is 46.0 Å². The van der Waals surface area contributed by atoms with Gasteiger partial charge in [0.15, 0.2) is 5.96 Å². The molecule has 8 heteroatoms. The maximum absolute atomic E-state index is 13.8. The molecule has 5 nitrogen and oxygen atoms in total. The van der Waals surface area contributed by atoms with Crippen molar-refractivity contribution in [1.29, 1.82) is 0 Å². The van der Waals surface area contributed by atoms with Gasteiger partial charge in [0, 0.05) is 25.7 Å². The highest BCUT2D eigenvalue weighted by atomic mass is 127. The minimum Gasteiger partial charge on any atom is -0.468 e. The number of guanidine groups is 1. The van der Waals surface area contributed by atoms with Crippen molar-refractivity contribution in [1.82, 2.24) is 15.5 Å². The number of furan rings is 1. The van der Waals surface area contributed by atoms with E-state index in [1.807, 2.05) is 12.1 Å². The van der Waals surface area contributed by atoms with Crippen LogP contribution in [0.4, 0.5) is 8.78 Å². The fourth-order valence-corrected chi connectivity index (χ4v) is 3.39. The molecule has 1 aliphatic rings. The van der Waals surface area contributed by atoms with Gasteiger partial charge in [0.25, 0.3) is 0 Å². The Morgan fingerprint density at radius 3 is 2.64 bits per heavy atom. The van der Waals surface area contributed by atoms with E-state index in [1.165, 1.54) is 25.3 Å². The zero-order valence-corrected chi connectivity index (χ0v) is 18.3. The summed E-state index contributed by atoms with van der Waals surface area (Å²) in [4.78, 5) is 6.59. The number of piperidine rings is 1. The predicted octanol–water partition coefficient (Wildman–Crippen LogP) is 4.07. The molecule has 1 aromatic heterocycles. The SMILES string of the molecule is CN=C(NCc1cc(F)ccc1F)NCC(c1ccco1)N1CCCCC1.I. The van der Waals surface area contributed by atoms with Crippen LogP contribution in [0.1, 0.15) is 36.6 Å². The van der Waals surface area contributed by atoms with Crippen LogP contribution in [0.3, 0.4) is 0 Å². The molecule has 0 spiro atoms. The van der Waals surface area contributed by atoms with Crippen LogP contribution in [-0.2, 0) is 6.54 Å². The molecule has 0 saturated carbocycles. The fraction of sp³-hybridized carbons (Fsp3) is 0.450.